The van der Waals surface area contributed by atoms with Crippen molar-refractivity contribution in [2.24, 2.45) is 0 Å². The molecule has 0 bridgehead atoms. The molecule has 4 rings (SSSR count). The molecule has 4 aromatic rings. The zero-order valence-corrected chi connectivity index (χ0v) is 18.0. The Morgan fingerprint density at radius 3 is 2.10 bits per heavy atom. The van der Waals surface area contributed by atoms with E-state index in [4.69, 9.17) is 9.47 Å². The second-order valence-corrected chi connectivity index (χ2v) is 7.30. The van der Waals surface area contributed by atoms with Crippen molar-refractivity contribution < 1.29 is 13.9 Å². The van der Waals surface area contributed by atoms with Crippen LogP contribution in [0.4, 0.5) is 10.1 Å². The molecule has 0 N–H and O–H groups in total. The van der Waals surface area contributed by atoms with Crippen molar-refractivity contribution in [3.63, 3.8) is 0 Å². The molecular weight excluding hydrogens is 393 g/mol. The topological polar surface area (TPSA) is 39.5 Å². The molecule has 158 valence electrons. The maximum absolute atomic E-state index is 14.4. The number of hydrogen-bond donors (Lipinski definition) is 0. The van der Waals surface area contributed by atoms with E-state index >= 15 is 0 Å². The average Bonchev–Trinajstić information content (AvgIpc) is 3.24. The first-order chi connectivity index (χ1) is 15.0. The number of methoxy groups -OCH3 is 2. The van der Waals surface area contributed by atoms with Crippen LogP contribution in [0.15, 0.2) is 73.1 Å². The fourth-order valence-electron chi connectivity index (χ4n) is 3.51. The molecule has 0 aliphatic carbocycles. The molecule has 0 spiro atoms. The van der Waals surface area contributed by atoms with E-state index in [1.165, 1.54) is 13.2 Å². The van der Waals surface area contributed by atoms with Gasteiger partial charge in [-0.15, -0.1) is 0 Å². The van der Waals surface area contributed by atoms with E-state index in [1.807, 2.05) is 53.9 Å². The molecule has 5 nitrogen and oxygen atoms in total. The Morgan fingerprint density at radius 2 is 1.52 bits per heavy atom. The summed E-state index contributed by atoms with van der Waals surface area (Å²) in [5, 5.41) is 0. The third-order valence-electron chi connectivity index (χ3n) is 5.20. The number of aromatic nitrogens is 2. The third kappa shape index (κ3) is 3.97. The van der Waals surface area contributed by atoms with Gasteiger partial charge in [-0.1, -0.05) is 12.1 Å². The van der Waals surface area contributed by atoms with Gasteiger partial charge in [0.25, 0.3) is 0 Å². The molecule has 1 aromatic heterocycles. The van der Waals surface area contributed by atoms with Crippen LogP contribution in [0.25, 0.3) is 28.2 Å². The highest BCUT2D eigenvalue weighted by Gasteiger charge is 2.18. The van der Waals surface area contributed by atoms with Gasteiger partial charge in [0.1, 0.15) is 12.1 Å². The number of imidazole rings is 1. The molecular formula is C25H24FN3O2. The monoisotopic (exact) mass is 417 g/mol. The van der Waals surface area contributed by atoms with Crippen LogP contribution in [0, 0.1) is 5.82 Å². The summed E-state index contributed by atoms with van der Waals surface area (Å²) in [5.74, 6) is 0.557. The van der Waals surface area contributed by atoms with E-state index in [0.29, 0.717) is 11.3 Å². The normalized spacial score (nSPS) is 10.7. The molecule has 6 heteroatoms. The molecule has 0 radical (unpaired) electrons. The van der Waals surface area contributed by atoms with Gasteiger partial charge in [0, 0.05) is 36.6 Å². The second kappa shape index (κ2) is 8.52. The number of anilines is 1. The molecule has 3 aromatic carbocycles. The number of rotatable bonds is 6. The Kier molecular flexibility index (Phi) is 5.62. The lowest BCUT2D eigenvalue weighted by molar-refractivity contribution is 0.386. The Hall–Kier alpha value is -3.80. The van der Waals surface area contributed by atoms with Crippen LogP contribution in [0.5, 0.6) is 11.5 Å². The molecule has 0 amide bonds. The molecule has 0 unspecified atom stereocenters. The minimum absolute atomic E-state index is 0.204. The van der Waals surface area contributed by atoms with Gasteiger partial charge in [0.2, 0.25) is 0 Å². The summed E-state index contributed by atoms with van der Waals surface area (Å²) in [4.78, 5) is 6.70. The Balaban J connectivity index is 1.89. The van der Waals surface area contributed by atoms with Gasteiger partial charge in [-0.05, 0) is 54.6 Å². The van der Waals surface area contributed by atoms with Gasteiger partial charge >= 0.3 is 0 Å². The lowest BCUT2D eigenvalue weighted by atomic mass is 10.0. The SMILES string of the molecule is COc1ccc(-n2cnc(-c3ccc(OC)c(F)c3)c2-c2ccc(N(C)C)cc2)cc1. The van der Waals surface area contributed by atoms with E-state index in [0.717, 1.165) is 28.4 Å². The lowest BCUT2D eigenvalue weighted by Crippen LogP contribution is -2.08. The first-order valence-corrected chi connectivity index (χ1v) is 9.85. The van der Waals surface area contributed by atoms with Gasteiger partial charge in [0.05, 0.1) is 25.6 Å². The molecule has 31 heavy (non-hydrogen) atoms. The minimum atomic E-state index is -0.423. The highest BCUT2D eigenvalue weighted by molar-refractivity contribution is 5.81. The summed E-state index contributed by atoms with van der Waals surface area (Å²) >= 11 is 0. The van der Waals surface area contributed by atoms with Gasteiger partial charge in [-0.3, -0.25) is 4.57 Å². The van der Waals surface area contributed by atoms with Crippen LogP contribution < -0.4 is 14.4 Å². The summed E-state index contributed by atoms with van der Waals surface area (Å²) in [6.07, 6.45) is 1.76. The Morgan fingerprint density at radius 1 is 0.839 bits per heavy atom. The number of benzene rings is 3. The van der Waals surface area contributed by atoms with Gasteiger partial charge < -0.3 is 14.4 Å². The molecule has 1 heterocycles. The van der Waals surface area contributed by atoms with Gasteiger partial charge in [0.15, 0.2) is 11.6 Å². The number of ether oxygens (including phenoxy) is 2. The Bertz CT molecular complexity index is 1180. The van der Waals surface area contributed by atoms with Crippen molar-refractivity contribution in [2.45, 2.75) is 0 Å². The standard InChI is InChI=1S/C25H24FN3O2/c1-28(2)19-8-5-17(6-9-19)25-24(18-7-14-23(31-4)22(26)15-18)27-16-29(25)20-10-12-21(30-3)13-11-20/h5-16H,1-4H3. The quantitative estimate of drug-likeness (QED) is 0.419. The van der Waals surface area contributed by atoms with E-state index in [2.05, 4.69) is 29.2 Å². The highest BCUT2D eigenvalue weighted by Crippen LogP contribution is 2.35. The van der Waals surface area contributed by atoms with Crippen molar-refractivity contribution in [3.8, 4) is 39.7 Å². The molecule has 0 saturated heterocycles. The van der Waals surface area contributed by atoms with Crippen molar-refractivity contribution in [2.75, 3.05) is 33.2 Å². The summed E-state index contributed by atoms with van der Waals surface area (Å²) in [6, 6.07) is 20.9. The van der Waals surface area contributed by atoms with Gasteiger partial charge in [-0.2, -0.15) is 0 Å². The average molecular weight is 417 g/mol. The number of halogens is 1. The molecule has 0 aliphatic rings. The largest absolute Gasteiger partial charge is 0.497 e. The maximum atomic E-state index is 14.4. The molecule has 0 saturated carbocycles. The fraction of sp³-hybridized carbons (Fsp3) is 0.160. The number of hydrogen-bond acceptors (Lipinski definition) is 4. The first-order valence-electron chi connectivity index (χ1n) is 9.85. The lowest BCUT2D eigenvalue weighted by Gasteiger charge is -2.15. The highest BCUT2D eigenvalue weighted by atomic mass is 19.1. The first kappa shape index (κ1) is 20.5. The van der Waals surface area contributed by atoms with Crippen molar-refractivity contribution in [1.29, 1.82) is 0 Å². The molecule has 0 atom stereocenters. The zero-order valence-electron chi connectivity index (χ0n) is 18.0. The summed E-state index contributed by atoms with van der Waals surface area (Å²) in [7, 11) is 7.10. The van der Waals surface area contributed by atoms with Crippen molar-refractivity contribution >= 4 is 5.69 Å². The predicted molar refractivity (Wildman–Crippen MR) is 122 cm³/mol. The summed E-state index contributed by atoms with van der Waals surface area (Å²) in [5.41, 5.74) is 5.24. The summed E-state index contributed by atoms with van der Waals surface area (Å²) < 4.78 is 26.8. The van der Waals surface area contributed by atoms with Crippen LogP contribution >= 0.6 is 0 Å². The smallest absolute Gasteiger partial charge is 0.165 e. The fourth-order valence-corrected chi connectivity index (χ4v) is 3.51. The van der Waals surface area contributed by atoms with Crippen LogP contribution in [0.2, 0.25) is 0 Å². The summed E-state index contributed by atoms with van der Waals surface area (Å²) in [6.45, 7) is 0. The van der Waals surface area contributed by atoms with Crippen LogP contribution in [-0.4, -0.2) is 37.9 Å². The number of nitrogens with zero attached hydrogens (tertiary/aromatic N) is 3. The van der Waals surface area contributed by atoms with E-state index in [9.17, 15) is 4.39 Å². The van der Waals surface area contributed by atoms with Crippen molar-refractivity contribution in [3.05, 3.63) is 78.9 Å². The molecule has 0 aliphatic heterocycles. The Labute approximate surface area is 181 Å². The molecule has 0 fully saturated rings. The van der Waals surface area contributed by atoms with E-state index in [-0.39, 0.29) is 5.75 Å². The van der Waals surface area contributed by atoms with E-state index in [1.54, 1.807) is 19.5 Å². The van der Waals surface area contributed by atoms with Crippen LogP contribution in [-0.2, 0) is 0 Å². The van der Waals surface area contributed by atoms with Gasteiger partial charge in [-0.25, -0.2) is 9.37 Å². The minimum Gasteiger partial charge on any atom is -0.497 e. The van der Waals surface area contributed by atoms with E-state index < -0.39 is 5.82 Å². The zero-order chi connectivity index (χ0) is 22.0. The second-order valence-electron chi connectivity index (χ2n) is 7.30. The van der Waals surface area contributed by atoms with Crippen LogP contribution in [0.3, 0.4) is 0 Å². The third-order valence-corrected chi connectivity index (χ3v) is 5.20. The predicted octanol–water partition coefficient (Wildman–Crippen LogP) is 5.43. The van der Waals surface area contributed by atoms with Crippen LogP contribution in [0.1, 0.15) is 0 Å². The maximum Gasteiger partial charge on any atom is 0.165 e. The van der Waals surface area contributed by atoms with Crippen molar-refractivity contribution in [1.82, 2.24) is 9.55 Å².